The van der Waals surface area contributed by atoms with E-state index in [2.05, 4.69) is 5.32 Å². The van der Waals surface area contributed by atoms with Crippen LogP contribution in [0.2, 0.25) is 5.02 Å². The molecular weight excluding hydrogens is 542 g/mol. The van der Waals surface area contributed by atoms with Gasteiger partial charge in [-0.3, -0.25) is 24.8 Å². The predicted molar refractivity (Wildman–Crippen MR) is 148 cm³/mol. The number of piperazine rings is 1. The summed E-state index contributed by atoms with van der Waals surface area (Å²) in [6.07, 6.45) is -0.289. The summed E-state index contributed by atoms with van der Waals surface area (Å²) < 4.78 is 6.01. The van der Waals surface area contributed by atoms with Gasteiger partial charge in [-0.2, -0.15) is 0 Å². The number of nitrogens with one attached hydrogen (secondary N) is 1. The molecule has 2 aliphatic rings. The summed E-state index contributed by atoms with van der Waals surface area (Å²) in [6, 6.07) is 14.0. The molecule has 1 fully saturated rings. The van der Waals surface area contributed by atoms with Gasteiger partial charge < -0.3 is 15.0 Å². The molecule has 3 amide bonds. The first-order valence-electron chi connectivity index (χ1n) is 12.4. The SMILES string of the molecule is CC(C)Oc1cc([N+](=O)[O-])ccc1C1=N[C@@H](c2cccs2)[C@@H](c2ccc(Cl)cc2)N1C(=O)N1CCNC(=O)C1. The van der Waals surface area contributed by atoms with Crippen LogP contribution in [0, 0.1) is 10.1 Å². The first-order valence-corrected chi connectivity index (χ1v) is 13.7. The fourth-order valence-corrected chi connectivity index (χ4v) is 5.65. The van der Waals surface area contributed by atoms with Gasteiger partial charge in [0.2, 0.25) is 5.91 Å². The van der Waals surface area contributed by atoms with E-state index in [0.29, 0.717) is 29.5 Å². The smallest absolute Gasteiger partial charge is 0.326 e. The third-order valence-corrected chi connectivity index (χ3v) is 7.60. The fourth-order valence-electron chi connectivity index (χ4n) is 4.73. The number of urea groups is 1. The number of carbonyl (C=O) groups excluding carboxylic acids is 2. The Morgan fingerprint density at radius 1 is 1.23 bits per heavy atom. The van der Waals surface area contributed by atoms with E-state index < -0.39 is 23.0 Å². The third-order valence-electron chi connectivity index (χ3n) is 6.41. The zero-order valence-corrected chi connectivity index (χ0v) is 22.8. The number of ether oxygens (including phenoxy) is 1. The highest BCUT2D eigenvalue weighted by molar-refractivity contribution is 7.10. The second-order valence-electron chi connectivity index (χ2n) is 9.44. The van der Waals surface area contributed by atoms with Crippen LogP contribution >= 0.6 is 22.9 Å². The Morgan fingerprint density at radius 2 is 2.00 bits per heavy atom. The molecule has 1 saturated heterocycles. The van der Waals surface area contributed by atoms with Gasteiger partial charge in [-0.15, -0.1) is 11.3 Å². The molecule has 0 radical (unpaired) electrons. The van der Waals surface area contributed by atoms with Crippen molar-refractivity contribution in [1.29, 1.82) is 0 Å². The second kappa shape index (κ2) is 11.0. The van der Waals surface area contributed by atoms with Crippen LogP contribution in [0.15, 0.2) is 65.0 Å². The van der Waals surface area contributed by atoms with Crippen molar-refractivity contribution in [3.63, 3.8) is 0 Å². The molecule has 0 bridgehead atoms. The lowest BCUT2D eigenvalue weighted by molar-refractivity contribution is -0.384. The van der Waals surface area contributed by atoms with E-state index in [1.165, 1.54) is 28.4 Å². The van der Waals surface area contributed by atoms with Crippen LogP contribution in [0.1, 0.15) is 41.9 Å². The normalized spacial score (nSPS) is 19.2. The molecule has 5 rings (SSSR count). The van der Waals surface area contributed by atoms with Crippen LogP contribution in [-0.4, -0.2) is 58.2 Å². The Bertz CT molecular complexity index is 1430. The number of non-ortho nitro benzene ring substituents is 1. The summed E-state index contributed by atoms with van der Waals surface area (Å²) in [7, 11) is 0. The van der Waals surface area contributed by atoms with Gasteiger partial charge in [0.15, 0.2) is 0 Å². The van der Waals surface area contributed by atoms with Gasteiger partial charge in [0.05, 0.1) is 28.7 Å². The topological polar surface area (TPSA) is 117 Å². The average molecular weight is 568 g/mol. The molecule has 39 heavy (non-hydrogen) atoms. The highest BCUT2D eigenvalue weighted by Gasteiger charge is 2.45. The molecule has 3 heterocycles. The van der Waals surface area contributed by atoms with E-state index in [4.69, 9.17) is 21.3 Å². The Balaban J connectivity index is 1.70. The zero-order chi connectivity index (χ0) is 27.7. The lowest BCUT2D eigenvalue weighted by Gasteiger charge is -2.35. The van der Waals surface area contributed by atoms with Gasteiger partial charge in [-0.05, 0) is 49.1 Å². The van der Waals surface area contributed by atoms with Crippen LogP contribution in [-0.2, 0) is 4.79 Å². The monoisotopic (exact) mass is 567 g/mol. The highest BCUT2D eigenvalue weighted by Crippen LogP contribution is 2.46. The molecule has 2 aromatic carbocycles. The van der Waals surface area contributed by atoms with Crippen LogP contribution in [0.5, 0.6) is 5.75 Å². The average Bonchev–Trinajstić information content (AvgIpc) is 3.57. The van der Waals surface area contributed by atoms with Crippen LogP contribution in [0.25, 0.3) is 0 Å². The Kier molecular flexibility index (Phi) is 7.53. The molecule has 0 aliphatic carbocycles. The number of hydrogen-bond donors (Lipinski definition) is 1. The van der Waals surface area contributed by atoms with Crippen molar-refractivity contribution in [2.45, 2.75) is 32.0 Å². The summed E-state index contributed by atoms with van der Waals surface area (Å²) in [6.45, 7) is 4.22. The lowest BCUT2D eigenvalue weighted by atomic mass is 9.98. The maximum absolute atomic E-state index is 14.2. The van der Waals surface area contributed by atoms with Crippen LogP contribution in [0.4, 0.5) is 10.5 Å². The number of amidine groups is 1. The first-order chi connectivity index (χ1) is 18.7. The lowest BCUT2D eigenvalue weighted by Crippen LogP contribution is -2.55. The summed E-state index contributed by atoms with van der Waals surface area (Å²) in [5.74, 6) is 0.313. The number of nitro groups is 1. The van der Waals surface area contributed by atoms with E-state index >= 15 is 0 Å². The van der Waals surface area contributed by atoms with Gasteiger partial charge in [-0.25, -0.2) is 4.79 Å². The number of hydrogen-bond acceptors (Lipinski definition) is 7. The Hall–Kier alpha value is -3.96. The molecule has 1 N–H and O–H groups in total. The molecule has 0 saturated carbocycles. The van der Waals surface area contributed by atoms with Crippen molar-refractivity contribution in [1.82, 2.24) is 15.1 Å². The number of carbonyl (C=O) groups is 2. The number of nitro benzene ring substituents is 1. The van der Waals surface area contributed by atoms with E-state index in [-0.39, 0.29) is 30.0 Å². The van der Waals surface area contributed by atoms with Crippen LogP contribution < -0.4 is 10.1 Å². The molecule has 3 aromatic rings. The molecule has 10 nitrogen and oxygen atoms in total. The van der Waals surface area contributed by atoms with Crippen LogP contribution in [0.3, 0.4) is 0 Å². The predicted octanol–water partition coefficient (Wildman–Crippen LogP) is 5.19. The fraction of sp³-hybridized carbons (Fsp3) is 0.296. The standard InChI is InChI=1S/C27H26ClN5O5S/c1-16(2)38-21-14-19(33(36)37)9-10-20(21)26-30-24(22-4-3-13-39-22)25(17-5-7-18(28)8-6-17)32(26)27(35)31-12-11-29-23(34)15-31/h3-10,13-14,16,24-25H,11-12,15H2,1-2H3,(H,29,34)/t24-,25+/m0/s1. The van der Waals surface area contributed by atoms with Crippen molar-refractivity contribution in [2.24, 2.45) is 4.99 Å². The number of rotatable bonds is 6. The number of benzene rings is 2. The largest absolute Gasteiger partial charge is 0.490 e. The number of nitrogens with zero attached hydrogens (tertiary/aromatic N) is 4. The minimum atomic E-state index is -0.560. The van der Waals surface area contributed by atoms with E-state index in [9.17, 15) is 19.7 Å². The summed E-state index contributed by atoms with van der Waals surface area (Å²) in [4.78, 5) is 46.6. The molecule has 1 aromatic heterocycles. The zero-order valence-electron chi connectivity index (χ0n) is 21.2. The van der Waals surface area contributed by atoms with E-state index in [1.54, 1.807) is 23.1 Å². The maximum Gasteiger partial charge on any atom is 0.326 e. The molecular formula is C27H26ClN5O5S. The minimum Gasteiger partial charge on any atom is -0.490 e. The van der Waals surface area contributed by atoms with Gasteiger partial charge in [0.1, 0.15) is 24.2 Å². The highest BCUT2D eigenvalue weighted by atomic mass is 35.5. The molecule has 12 heteroatoms. The molecule has 2 atom stereocenters. The quantitative estimate of drug-likeness (QED) is 0.325. The van der Waals surface area contributed by atoms with Gasteiger partial charge in [0, 0.05) is 29.1 Å². The van der Waals surface area contributed by atoms with E-state index in [0.717, 1.165) is 10.4 Å². The number of thiophene rings is 1. The van der Waals surface area contributed by atoms with Gasteiger partial charge in [0.25, 0.3) is 5.69 Å². The van der Waals surface area contributed by atoms with Crippen molar-refractivity contribution in [3.8, 4) is 5.75 Å². The van der Waals surface area contributed by atoms with Crippen molar-refractivity contribution in [3.05, 3.63) is 91.1 Å². The number of aliphatic imine (C=N–C) groups is 1. The Morgan fingerprint density at radius 3 is 2.64 bits per heavy atom. The molecule has 0 unspecified atom stereocenters. The summed E-state index contributed by atoms with van der Waals surface area (Å²) in [5.41, 5.74) is 1.12. The third kappa shape index (κ3) is 5.45. The summed E-state index contributed by atoms with van der Waals surface area (Å²) in [5, 5.41) is 16.8. The Labute approximate surface area is 234 Å². The van der Waals surface area contributed by atoms with Crippen molar-refractivity contribution in [2.75, 3.05) is 19.6 Å². The molecule has 202 valence electrons. The van der Waals surface area contributed by atoms with Crippen molar-refractivity contribution < 1.29 is 19.2 Å². The van der Waals surface area contributed by atoms with Crippen molar-refractivity contribution >= 4 is 46.4 Å². The molecule has 2 aliphatic heterocycles. The molecule has 0 spiro atoms. The van der Waals surface area contributed by atoms with E-state index in [1.807, 2.05) is 43.5 Å². The second-order valence-corrected chi connectivity index (χ2v) is 10.9. The van der Waals surface area contributed by atoms with Gasteiger partial charge >= 0.3 is 6.03 Å². The van der Waals surface area contributed by atoms with Gasteiger partial charge in [-0.1, -0.05) is 29.8 Å². The summed E-state index contributed by atoms with van der Waals surface area (Å²) >= 11 is 7.71. The maximum atomic E-state index is 14.2. The number of halogens is 1. The minimum absolute atomic E-state index is 0.0881. The number of amides is 3. The first kappa shape index (κ1) is 26.6.